The molecule has 0 fully saturated rings. The normalized spacial score (nSPS) is 15.1. The first-order valence-corrected chi connectivity index (χ1v) is 12.4. The molecular formula is C25H24N4O3S. The molecule has 33 heavy (non-hydrogen) atoms. The number of nitrogens with two attached hydrogens (primary N) is 1. The highest BCUT2D eigenvalue weighted by atomic mass is 32.2. The molecule has 2 aliphatic rings. The summed E-state index contributed by atoms with van der Waals surface area (Å²) in [6.45, 7) is 4.11. The third-order valence-electron chi connectivity index (χ3n) is 6.21. The number of benzene rings is 2. The van der Waals surface area contributed by atoms with Crippen molar-refractivity contribution in [3.05, 3.63) is 82.8 Å². The summed E-state index contributed by atoms with van der Waals surface area (Å²) < 4.78 is 24.8. The molecule has 8 heteroatoms. The lowest BCUT2D eigenvalue weighted by Crippen LogP contribution is -2.23. The minimum Gasteiger partial charge on any atom is -0.326 e. The van der Waals surface area contributed by atoms with Gasteiger partial charge >= 0.3 is 0 Å². The van der Waals surface area contributed by atoms with Crippen LogP contribution in [0.4, 0.5) is 0 Å². The number of nitrogens with zero attached hydrogens (tertiary/aromatic N) is 3. The van der Waals surface area contributed by atoms with E-state index in [2.05, 4.69) is 4.98 Å². The average molecular weight is 461 g/mol. The predicted molar refractivity (Wildman–Crippen MR) is 126 cm³/mol. The van der Waals surface area contributed by atoms with Crippen molar-refractivity contribution in [2.75, 3.05) is 0 Å². The number of rotatable bonds is 5. The van der Waals surface area contributed by atoms with Crippen LogP contribution in [0.2, 0.25) is 0 Å². The van der Waals surface area contributed by atoms with Crippen molar-refractivity contribution in [2.24, 2.45) is 5.73 Å². The van der Waals surface area contributed by atoms with Gasteiger partial charge in [0.1, 0.15) is 5.69 Å². The van der Waals surface area contributed by atoms with Crippen LogP contribution in [0.25, 0.3) is 17.0 Å². The molecule has 0 unspecified atom stereocenters. The first-order chi connectivity index (χ1) is 15.8. The maximum atomic E-state index is 13.2. The zero-order chi connectivity index (χ0) is 23.3. The summed E-state index contributed by atoms with van der Waals surface area (Å²) >= 11 is 0. The van der Waals surface area contributed by atoms with Crippen LogP contribution in [0, 0.1) is 0 Å². The molecule has 0 saturated carbocycles. The molecule has 1 aromatic heterocycles. The molecule has 5 rings (SSSR count). The van der Waals surface area contributed by atoms with Crippen LogP contribution in [0.1, 0.15) is 46.7 Å². The molecule has 1 aliphatic carbocycles. The fourth-order valence-electron chi connectivity index (χ4n) is 4.32. The van der Waals surface area contributed by atoms with Crippen LogP contribution in [0.15, 0.2) is 59.6 Å². The van der Waals surface area contributed by atoms with Crippen LogP contribution < -0.4 is 5.73 Å². The van der Waals surface area contributed by atoms with Gasteiger partial charge in [0.05, 0.1) is 40.0 Å². The molecule has 0 radical (unpaired) electrons. The van der Waals surface area contributed by atoms with E-state index < -0.39 is 15.1 Å². The maximum Gasteiger partial charge on any atom is 0.259 e. The fraction of sp³-hybridized carbons (Fsp3) is 0.240. The minimum absolute atomic E-state index is 0.0689. The van der Waals surface area contributed by atoms with Gasteiger partial charge in [-0.25, -0.2) is 13.4 Å². The lowest BCUT2D eigenvalue weighted by atomic mass is 10.0. The van der Waals surface area contributed by atoms with E-state index in [0.29, 0.717) is 36.5 Å². The molecule has 2 aromatic carbocycles. The van der Waals surface area contributed by atoms with Crippen molar-refractivity contribution in [3.63, 3.8) is 0 Å². The Balaban J connectivity index is 1.47. The van der Waals surface area contributed by atoms with Crippen molar-refractivity contribution >= 4 is 21.4 Å². The third kappa shape index (κ3) is 3.46. The van der Waals surface area contributed by atoms with Crippen LogP contribution in [0.5, 0.6) is 0 Å². The first-order valence-electron chi connectivity index (χ1n) is 10.8. The fourth-order valence-corrected chi connectivity index (χ4v) is 5.38. The quantitative estimate of drug-likeness (QED) is 0.626. The SMILES string of the molecule is CC(C)S(=O)(=O)c1ccc(-c2cnc3c(n2)C(N2Cc4cccc(CN)c4C2=O)=CC3)cc1. The predicted octanol–water partition coefficient (Wildman–Crippen LogP) is 3.34. The second kappa shape index (κ2) is 7.90. The highest BCUT2D eigenvalue weighted by molar-refractivity contribution is 7.92. The van der Waals surface area contributed by atoms with Crippen molar-refractivity contribution in [1.82, 2.24) is 14.9 Å². The van der Waals surface area contributed by atoms with Gasteiger partial charge in [-0.2, -0.15) is 0 Å². The molecule has 0 spiro atoms. The summed E-state index contributed by atoms with van der Waals surface area (Å²) in [4.78, 5) is 24.7. The van der Waals surface area contributed by atoms with E-state index in [1.165, 1.54) is 0 Å². The minimum atomic E-state index is -3.34. The Morgan fingerprint density at radius 1 is 1.12 bits per heavy atom. The molecular weight excluding hydrogens is 436 g/mol. The Kier molecular flexibility index (Phi) is 5.14. The largest absolute Gasteiger partial charge is 0.326 e. The molecule has 0 bridgehead atoms. The molecule has 0 saturated heterocycles. The smallest absolute Gasteiger partial charge is 0.259 e. The summed E-state index contributed by atoms with van der Waals surface area (Å²) in [7, 11) is -3.34. The summed E-state index contributed by atoms with van der Waals surface area (Å²) in [5, 5.41) is -0.488. The van der Waals surface area contributed by atoms with E-state index in [4.69, 9.17) is 10.7 Å². The van der Waals surface area contributed by atoms with Gasteiger partial charge < -0.3 is 10.6 Å². The third-order valence-corrected chi connectivity index (χ3v) is 8.38. The molecule has 168 valence electrons. The van der Waals surface area contributed by atoms with Gasteiger partial charge in [0, 0.05) is 24.1 Å². The molecule has 2 N–H and O–H groups in total. The summed E-state index contributed by atoms with van der Waals surface area (Å²) in [5.41, 5.74) is 12.0. The first kappa shape index (κ1) is 21.5. The zero-order valence-corrected chi connectivity index (χ0v) is 19.3. The van der Waals surface area contributed by atoms with Gasteiger partial charge in [0.15, 0.2) is 9.84 Å². The lowest BCUT2D eigenvalue weighted by molar-refractivity contribution is 0.0853. The molecule has 3 aromatic rings. The number of hydrogen-bond donors (Lipinski definition) is 1. The number of carbonyl (C=O) groups is 1. The van der Waals surface area contributed by atoms with E-state index in [-0.39, 0.29) is 10.8 Å². The number of hydrogen-bond acceptors (Lipinski definition) is 6. The number of sulfone groups is 1. The molecule has 7 nitrogen and oxygen atoms in total. The Labute approximate surface area is 192 Å². The summed E-state index contributed by atoms with van der Waals surface area (Å²) in [6, 6.07) is 12.5. The van der Waals surface area contributed by atoms with Crippen molar-refractivity contribution in [1.29, 1.82) is 0 Å². The number of amides is 1. The van der Waals surface area contributed by atoms with Crippen LogP contribution in [-0.4, -0.2) is 34.4 Å². The standard InChI is InChI=1S/C25H24N4O3S/c1-15(2)33(31,32)19-8-6-16(7-9-19)21-13-27-20-10-11-22(24(20)28-21)29-14-18-5-3-4-17(12-26)23(18)25(29)30/h3-9,11,13,15H,10,12,14,26H2,1-2H3. The van der Waals surface area contributed by atoms with Gasteiger partial charge in [-0.1, -0.05) is 36.4 Å². The van der Waals surface area contributed by atoms with Gasteiger partial charge in [0.2, 0.25) is 0 Å². The molecule has 0 atom stereocenters. The second-order valence-electron chi connectivity index (χ2n) is 8.51. The Hall–Kier alpha value is -3.36. The van der Waals surface area contributed by atoms with E-state index in [9.17, 15) is 13.2 Å². The number of aromatic nitrogens is 2. The second-order valence-corrected chi connectivity index (χ2v) is 11.0. The van der Waals surface area contributed by atoms with Crippen molar-refractivity contribution < 1.29 is 13.2 Å². The lowest BCUT2D eigenvalue weighted by Gasteiger charge is -2.18. The highest BCUT2D eigenvalue weighted by Crippen LogP contribution is 2.36. The molecule has 1 aliphatic heterocycles. The Morgan fingerprint density at radius 3 is 2.58 bits per heavy atom. The van der Waals surface area contributed by atoms with Crippen molar-refractivity contribution in [2.45, 2.75) is 43.5 Å². The summed E-state index contributed by atoms with van der Waals surface area (Å²) in [6.07, 6.45) is 4.28. The monoisotopic (exact) mass is 460 g/mol. The van der Waals surface area contributed by atoms with Gasteiger partial charge in [-0.05, 0) is 37.1 Å². The van der Waals surface area contributed by atoms with E-state index in [1.54, 1.807) is 49.2 Å². The number of carbonyl (C=O) groups excluding carboxylic acids is 1. The Bertz CT molecular complexity index is 1410. The molecule has 2 heterocycles. The van der Waals surface area contributed by atoms with Crippen LogP contribution in [-0.2, 0) is 29.3 Å². The zero-order valence-electron chi connectivity index (χ0n) is 18.4. The van der Waals surface area contributed by atoms with E-state index in [1.807, 2.05) is 24.3 Å². The van der Waals surface area contributed by atoms with Crippen molar-refractivity contribution in [3.8, 4) is 11.3 Å². The number of allylic oxidation sites excluding steroid dienone is 1. The van der Waals surface area contributed by atoms with E-state index in [0.717, 1.165) is 28.1 Å². The van der Waals surface area contributed by atoms with Gasteiger partial charge in [-0.15, -0.1) is 0 Å². The maximum absolute atomic E-state index is 13.2. The van der Waals surface area contributed by atoms with Crippen LogP contribution >= 0.6 is 0 Å². The topological polar surface area (TPSA) is 106 Å². The highest BCUT2D eigenvalue weighted by Gasteiger charge is 2.35. The van der Waals surface area contributed by atoms with Gasteiger partial charge in [-0.3, -0.25) is 9.78 Å². The molecule has 1 amide bonds. The van der Waals surface area contributed by atoms with E-state index >= 15 is 0 Å². The number of fused-ring (bicyclic) bond motifs is 2. The van der Waals surface area contributed by atoms with Crippen LogP contribution in [0.3, 0.4) is 0 Å². The van der Waals surface area contributed by atoms with Gasteiger partial charge in [0.25, 0.3) is 5.91 Å². The average Bonchev–Trinajstić information content (AvgIpc) is 3.39. The summed E-state index contributed by atoms with van der Waals surface area (Å²) in [5.74, 6) is -0.0689. The Morgan fingerprint density at radius 2 is 1.88 bits per heavy atom.